The van der Waals surface area contributed by atoms with Crippen LogP contribution in [0, 0.1) is 0 Å². The molecule has 1 aliphatic heterocycles. The number of carbonyl (C=O) groups excluding carboxylic acids is 1. The molecule has 1 saturated heterocycles. The van der Waals surface area contributed by atoms with Gasteiger partial charge in [-0.3, -0.25) is 0 Å². The van der Waals surface area contributed by atoms with Crippen LogP contribution in [-0.2, 0) is 6.54 Å². The minimum atomic E-state index is -0.0493. The Labute approximate surface area is 127 Å². The van der Waals surface area contributed by atoms with E-state index in [0.717, 1.165) is 13.1 Å². The molecule has 0 aliphatic carbocycles. The van der Waals surface area contributed by atoms with Gasteiger partial charge in [-0.25, -0.2) is 4.79 Å². The van der Waals surface area contributed by atoms with Crippen LogP contribution >= 0.6 is 0 Å². The zero-order chi connectivity index (χ0) is 15.1. The highest BCUT2D eigenvalue weighted by molar-refractivity contribution is 5.73. The summed E-state index contributed by atoms with van der Waals surface area (Å²) in [6, 6.07) is 8.72. The molecule has 5 heteroatoms. The molecular weight excluding hydrogens is 264 g/mol. The van der Waals surface area contributed by atoms with Crippen LogP contribution in [0.1, 0.15) is 18.4 Å². The summed E-state index contributed by atoms with van der Waals surface area (Å²) in [6.45, 7) is 4.61. The molecule has 21 heavy (non-hydrogen) atoms. The SMILES string of the molecule is CN(C)C(=O)NCCNCc1ccc(N2CCCC2)cc1. The van der Waals surface area contributed by atoms with Crippen molar-refractivity contribution in [2.75, 3.05) is 45.2 Å². The Hall–Kier alpha value is -1.75. The first-order chi connectivity index (χ1) is 10.2. The van der Waals surface area contributed by atoms with Gasteiger partial charge in [0.05, 0.1) is 0 Å². The van der Waals surface area contributed by atoms with Crippen LogP contribution in [0.4, 0.5) is 10.5 Å². The molecule has 116 valence electrons. The number of hydrogen-bond donors (Lipinski definition) is 2. The van der Waals surface area contributed by atoms with Gasteiger partial charge in [-0.1, -0.05) is 12.1 Å². The third-order valence-electron chi connectivity index (χ3n) is 3.72. The summed E-state index contributed by atoms with van der Waals surface area (Å²) in [6.07, 6.45) is 2.62. The molecule has 2 amide bonds. The molecule has 1 heterocycles. The van der Waals surface area contributed by atoms with Crippen LogP contribution < -0.4 is 15.5 Å². The molecule has 1 aromatic rings. The molecule has 1 aliphatic rings. The largest absolute Gasteiger partial charge is 0.372 e. The fourth-order valence-electron chi connectivity index (χ4n) is 2.45. The number of anilines is 1. The summed E-state index contributed by atoms with van der Waals surface area (Å²) in [5.74, 6) is 0. The first-order valence-electron chi connectivity index (χ1n) is 7.66. The first-order valence-corrected chi connectivity index (χ1v) is 7.66. The Morgan fingerprint density at radius 3 is 2.43 bits per heavy atom. The van der Waals surface area contributed by atoms with E-state index in [9.17, 15) is 4.79 Å². The molecule has 0 saturated carbocycles. The van der Waals surface area contributed by atoms with E-state index in [1.54, 1.807) is 14.1 Å². The maximum absolute atomic E-state index is 11.3. The van der Waals surface area contributed by atoms with Crippen LogP contribution in [0.5, 0.6) is 0 Å². The number of amides is 2. The monoisotopic (exact) mass is 290 g/mol. The van der Waals surface area contributed by atoms with E-state index in [2.05, 4.69) is 39.8 Å². The second kappa shape index (κ2) is 7.88. The Bertz CT molecular complexity index is 438. The Balaban J connectivity index is 1.65. The van der Waals surface area contributed by atoms with Crippen molar-refractivity contribution in [2.24, 2.45) is 0 Å². The van der Waals surface area contributed by atoms with Crippen molar-refractivity contribution in [3.8, 4) is 0 Å². The quantitative estimate of drug-likeness (QED) is 0.783. The summed E-state index contributed by atoms with van der Waals surface area (Å²) in [7, 11) is 3.48. The maximum Gasteiger partial charge on any atom is 0.316 e. The fraction of sp³-hybridized carbons (Fsp3) is 0.562. The molecule has 0 unspecified atom stereocenters. The number of benzene rings is 1. The summed E-state index contributed by atoms with van der Waals surface area (Å²) >= 11 is 0. The van der Waals surface area contributed by atoms with Crippen molar-refractivity contribution in [3.05, 3.63) is 29.8 Å². The van der Waals surface area contributed by atoms with Crippen molar-refractivity contribution in [1.29, 1.82) is 0 Å². The number of carbonyl (C=O) groups is 1. The predicted octanol–water partition coefficient (Wildman–Crippen LogP) is 1.65. The topological polar surface area (TPSA) is 47.6 Å². The van der Waals surface area contributed by atoms with E-state index in [-0.39, 0.29) is 6.03 Å². The number of nitrogens with one attached hydrogen (secondary N) is 2. The van der Waals surface area contributed by atoms with Gasteiger partial charge in [0.15, 0.2) is 0 Å². The lowest BCUT2D eigenvalue weighted by Gasteiger charge is -2.17. The average Bonchev–Trinajstić information content (AvgIpc) is 3.01. The third kappa shape index (κ3) is 4.93. The van der Waals surface area contributed by atoms with E-state index < -0.39 is 0 Å². The van der Waals surface area contributed by atoms with Gasteiger partial charge in [-0.15, -0.1) is 0 Å². The zero-order valence-electron chi connectivity index (χ0n) is 13.1. The second-order valence-electron chi connectivity index (χ2n) is 5.66. The van der Waals surface area contributed by atoms with Gasteiger partial charge < -0.3 is 20.4 Å². The number of hydrogen-bond acceptors (Lipinski definition) is 3. The fourth-order valence-corrected chi connectivity index (χ4v) is 2.45. The Morgan fingerprint density at radius 1 is 1.14 bits per heavy atom. The van der Waals surface area contributed by atoms with Crippen molar-refractivity contribution in [1.82, 2.24) is 15.5 Å². The first kappa shape index (κ1) is 15.6. The minimum absolute atomic E-state index is 0.0493. The summed E-state index contributed by atoms with van der Waals surface area (Å²) in [4.78, 5) is 15.3. The highest BCUT2D eigenvalue weighted by Gasteiger charge is 2.11. The smallest absolute Gasteiger partial charge is 0.316 e. The summed E-state index contributed by atoms with van der Waals surface area (Å²) < 4.78 is 0. The molecular formula is C16H26N4O. The molecule has 2 N–H and O–H groups in total. The van der Waals surface area contributed by atoms with Gasteiger partial charge in [0.2, 0.25) is 0 Å². The minimum Gasteiger partial charge on any atom is -0.372 e. The second-order valence-corrected chi connectivity index (χ2v) is 5.66. The van der Waals surface area contributed by atoms with Crippen molar-refractivity contribution in [3.63, 3.8) is 0 Å². The summed E-state index contributed by atoms with van der Waals surface area (Å²) in [5.41, 5.74) is 2.60. The molecule has 1 fully saturated rings. The number of rotatable bonds is 6. The predicted molar refractivity (Wildman–Crippen MR) is 86.7 cm³/mol. The van der Waals surface area contributed by atoms with Gasteiger partial charge in [-0.2, -0.15) is 0 Å². The lowest BCUT2D eigenvalue weighted by Crippen LogP contribution is -2.38. The number of nitrogens with zero attached hydrogens (tertiary/aromatic N) is 2. The Kier molecular flexibility index (Phi) is 5.87. The average molecular weight is 290 g/mol. The lowest BCUT2D eigenvalue weighted by atomic mass is 10.2. The maximum atomic E-state index is 11.3. The molecule has 0 radical (unpaired) electrons. The summed E-state index contributed by atoms with van der Waals surface area (Å²) in [5, 5.41) is 6.17. The van der Waals surface area contributed by atoms with E-state index in [1.165, 1.54) is 42.1 Å². The van der Waals surface area contributed by atoms with E-state index in [4.69, 9.17) is 0 Å². The van der Waals surface area contributed by atoms with Gasteiger partial charge in [-0.05, 0) is 30.5 Å². The molecule has 0 bridgehead atoms. The van der Waals surface area contributed by atoms with Crippen LogP contribution in [0.2, 0.25) is 0 Å². The van der Waals surface area contributed by atoms with Gasteiger partial charge in [0, 0.05) is 52.5 Å². The van der Waals surface area contributed by atoms with Gasteiger partial charge in [0.1, 0.15) is 0 Å². The van der Waals surface area contributed by atoms with Gasteiger partial charge >= 0.3 is 6.03 Å². The van der Waals surface area contributed by atoms with Crippen LogP contribution in [0.3, 0.4) is 0 Å². The standard InChI is InChI=1S/C16H26N4O/c1-19(2)16(21)18-10-9-17-13-14-5-7-15(8-6-14)20-11-3-4-12-20/h5-8,17H,3-4,9-13H2,1-2H3,(H,18,21). The highest BCUT2D eigenvalue weighted by Crippen LogP contribution is 2.20. The van der Waals surface area contributed by atoms with Crippen LogP contribution in [0.15, 0.2) is 24.3 Å². The third-order valence-corrected chi connectivity index (χ3v) is 3.72. The zero-order valence-corrected chi connectivity index (χ0v) is 13.1. The van der Waals surface area contributed by atoms with Gasteiger partial charge in [0.25, 0.3) is 0 Å². The Morgan fingerprint density at radius 2 is 1.81 bits per heavy atom. The molecule has 0 aromatic heterocycles. The molecule has 5 nitrogen and oxygen atoms in total. The van der Waals surface area contributed by atoms with Crippen molar-refractivity contribution in [2.45, 2.75) is 19.4 Å². The highest BCUT2D eigenvalue weighted by atomic mass is 16.2. The van der Waals surface area contributed by atoms with E-state index in [0.29, 0.717) is 6.54 Å². The van der Waals surface area contributed by atoms with Crippen LogP contribution in [-0.4, -0.2) is 51.2 Å². The lowest BCUT2D eigenvalue weighted by molar-refractivity contribution is 0.217. The van der Waals surface area contributed by atoms with Crippen LogP contribution in [0.25, 0.3) is 0 Å². The molecule has 2 rings (SSSR count). The molecule has 0 atom stereocenters. The molecule has 0 spiro atoms. The van der Waals surface area contributed by atoms with E-state index >= 15 is 0 Å². The van der Waals surface area contributed by atoms with Crippen molar-refractivity contribution >= 4 is 11.7 Å². The number of urea groups is 1. The normalized spacial score (nSPS) is 14.3. The van der Waals surface area contributed by atoms with Crippen molar-refractivity contribution < 1.29 is 4.79 Å². The van der Waals surface area contributed by atoms with E-state index in [1.807, 2.05) is 0 Å². The molecule has 1 aromatic carbocycles.